The monoisotopic (exact) mass is 397 g/mol. The zero-order chi connectivity index (χ0) is 19.9. The Morgan fingerprint density at radius 2 is 1.79 bits per heavy atom. The maximum atomic E-state index is 12.2. The van der Waals surface area contributed by atoms with Gasteiger partial charge in [0.25, 0.3) is 5.91 Å². The second-order valence-electron chi connectivity index (χ2n) is 5.83. The Bertz CT molecular complexity index is 972. The summed E-state index contributed by atoms with van der Waals surface area (Å²) >= 11 is 1.12. The van der Waals surface area contributed by atoms with Crippen LogP contribution >= 0.6 is 11.3 Å². The second kappa shape index (κ2) is 8.96. The van der Waals surface area contributed by atoms with Crippen molar-refractivity contribution < 1.29 is 14.3 Å². The highest BCUT2D eigenvalue weighted by Gasteiger charge is 2.14. The van der Waals surface area contributed by atoms with Gasteiger partial charge in [0, 0.05) is 5.69 Å². The van der Waals surface area contributed by atoms with E-state index < -0.39 is 6.03 Å². The zero-order valence-corrected chi connectivity index (χ0v) is 16.2. The number of methoxy groups -OCH3 is 1. The number of anilines is 2. The fraction of sp³-hybridized carbons (Fsp3) is 0.158. The van der Waals surface area contributed by atoms with Crippen molar-refractivity contribution in [2.24, 2.45) is 0 Å². The van der Waals surface area contributed by atoms with Gasteiger partial charge in [-0.25, -0.2) is 4.79 Å². The molecule has 2 aromatic carbocycles. The predicted octanol–water partition coefficient (Wildman–Crippen LogP) is 3.43. The van der Waals surface area contributed by atoms with E-state index in [-0.39, 0.29) is 17.5 Å². The lowest BCUT2D eigenvalue weighted by Crippen LogP contribution is -2.28. The van der Waals surface area contributed by atoms with Crippen molar-refractivity contribution in [3.05, 3.63) is 64.1 Å². The third kappa shape index (κ3) is 5.04. The fourth-order valence-electron chi connectivity index (χ4n) is 2.31. The Morgan fingerprint density at radius 3 is 2.54 bits per heavy atom. The number of carbonyl (C=O) groups excluding carboxylic acids is 2. The minimum Gasteiger partial charge on any atom is -0.495 e. The molecule has 3 amide bonds. The molecule has 0 aliphatic rings. The van der Waals surface area contributed by atoms with Crippen LogP contribution in [0.15, 0.2) is 48.5 Å². The lowest BCUT2D eigenvalue weighted by atomic mass is 10.2. The van der Waals surface area contributed by atoms with Gasteiger partial charge in [-0.2, -0.15) is 0 Å². The molecule has 9 heteroatoms. The third-order valence-electron chi connectivity index (χ3n) is 3.73. The number of ether oxygens (including phenoxy) is 1. The number of rotatable bonds is 6. The molecule has 144 valence electrons. The molecule has 0 saturated carbocycles. The van der Waals surface area contributed by atoms with Crippen molar-refractivity contribution in [1.82, 2.24) is 15.5 Å². The molecule has 0 spiro atoms. The van der Waals surface area contributed by atoms with Crippen LogP contribution in [0.4, 0.5) is 16.2 Å². The first kappa shape index (κ1) is 19.3. The topological polar surface area (TPSA) is 105 Å². The molecule has 0 atom stereocenters. The van der Waals surface area contributed by atoms with Crippen LogP contribution in [0, 0.1) is 6.92 Å². The van der Waals surface area contributed by atoms with Crippen LogP contribution in [0.1, 0.15) is 20.4 Å². The van der Waals surface area contributed by atoms with E-state index in [0.717, 1.165) is 16.9 Å². The minimum atomic E-state index is -0.412. The SMILES string of the molecule is COc1ccccc1NC(=O)NCc1nnc(C(=O)Nc2ccc(C)cc2)s1. The third-order valence-corrected chi connectivity index (χ3v) is 4.65. The average molecular weight is 397 g/mol. The quantitative estimate of drug-likeness (QED) is 0.591. The van der Waals surface area contributed by atoms with E-state index in [1.165, 1.54) is 7.11 Å². The first-order valence-electron chi connectivity index (χ1n) is 8.43. The van der Waals surface area contributed by atoms with E-state index in [4.69, 9.17) is 4.74 Å². The van der Waals surface area contributed by atoms with Crippen LogP contribution in [0.5, 0.6) is 5.75 Å². The minimum absolute atomic E-state index is 0.149. The molecular formula is C19H19N5O3S. The Morgan fingerprint density at radius 1 is 1.04 bits per heavy atom. The predicted molar refractivity (Wildman–Crippen MR) is 108 cm³/mol. The molecule has 0 aliphatic heterocycles. The van der Waals surface area contributed by atoms with Crippen LogP contribution in [0.25, 0.3) is 0 Å². The summed E-state index contributed by atoms with van der Waals surface area (Å²) in [5.41, 5.74) is 2.34. The number of hydrogen-bond acceptors (Lipinski definition) is 6. The lowest BCUT2D eigenvalue weighted by molar-refractivity contribution is 0.102. The van der Waals surface area contributed by atoms with Crippen LogP contribution in [-0.2, 0) is 6.54 Å². The number of amides is 3. The highest BCUT2D eigenvalue weighted by Crippen LogP contribution is 2.22. The van der Waals surface area contributed by atoms with Crippen molar-refractivity contribution in [3.63, 3.8) is 0 Å². The van der Waals surface area contributed by atoms with Crippen molar-refractivity contribution in [2.75, 3.05) is 17.7 Å². The number of aryl methyl sites for hydroxylation is 1. The summed E-state index contributed by atoms with van der Waals surface area (Å²) in [6.45, 7) is 2.12. The summed E-state index contributed by atoms with van der Waals surface area (Å²) in [5, 5.41) is 16.7. The van der Waals surface area contributed by atoms with Gasteiger partial charge in [-0.05, 0) is 31.2 Å². The van der Waals surface area contributed by atoms with Gasteiger partial charge in [0.05, 0.1) is 19.3 Å². The molecular weight excluding hydrogens is 378 g/mol. The lowest BCUT2D eigenvalue weighted by Gasteiger charge is -2.10. The molecule has 28 heavy (non-hydrogen) atoms. The molecule has 3 rings (SSSR count). The second-order valence-corrected chi connectivity index (χ2v) is 6.89. The number of nitrogens with zero attached hydrogens (tertiary/aromatic N) is 2. The average Bonchev–Trinajstić information content (AvgIpc) is 3.18. The maximum absolute atomic E-state index is 12.2. The van der Waals surface area contributed by atoms with E-state index in [0.29, 0.717) is 22.1 Å². The highest BCUT2D eigenvalue weighted by molar-refractivity contribution is 7.13. The Hall–Kier alpha value is -3.46. The summed E-state index contributed by atoms with van der Waals surface area (Å²) in [5.74, 6) is 0.217. The van der Waals surface area contributed by atoms with Gasteiger partial charge in [-0.3, -0.25) is 4.79 Å². The van der Waals surface area contributed by atoms with Gasteiger partial charge in [0.1, 0.15) is 10.8 Å². The van der Waals surface area contributed by atoms with Crippen LogP contribution in [0.2, 0.25) is 0 Å². The molecule has 0 radical (unpaired) electrons. The van der Waals surface area contributed by atoms with Crippen molar-refractivity contribution in [2.45, 2.75) is 13.5 Å². The first-order valence-corrected chi connectivity index (χ1v) is 9.25. The Balaban J connectivity index is 1.53. The smallest absolute Gasteiger partial charge is 0.319 e. The highest BCUT2D eigenvalue weighted by atomic mass is 32.1. The van der Waals surface area contributed by atoms with E-state index in [9.17, 15) is 9.59 Å². The van der Waals surface area contributed by atoms with Crippen LogP contribution in [-0.4, -0.2) is 29.2 Å². The summed E-state index contributed by atoms with van der Waals surface area (Å²) in [7, 11) is 1.53. The standard InChI is InChI=1S/C19H19N5O3S/c1-12-7-9-13(10-8-12)21-17(25)18-24-23-16(28-18)11-20-19(26)22-14-5-3-4-6-15(14)27-2/h3-10H,11H2,1-2H3,(H,21,25)(H2,20,22,26). The molecule has 3 aromatic rings. The van der Waals surface area contributed by atoms with Gasteiger partial charge in [0.2, 0.25) is 5.01 Å². The molecule has 8 nitrogen and oxygen atoms in total. The molecule has 0 aliphatic carbocycles. The normalized spacial score (nSPS) is 10.2. The van der Waals surface area contributed by atoms with Crippen LogP contribution in [0.3, 0.4) is 0 Å². The number of urea groups is 1. The van der Waals surface area contributed by atoms with Crippen molar-refractivity contribution in [3.8, 4) is 5.75 Å². The number of para-hydroxylation sites is 2. The molecule has 1 aromatic heterocycles. The summed E-state index contributed by atoms with van der Waals surface area (Å²) in [6.07, 6.45) is 0. The molecule has 0 unspecified atom stereocenters. The number of carbonyl (C=O) groups is 2. The van der Waals surface area contributed by atoms with Crippen molar-refractivity contribution >= 4 is 34.6 Å². The number of aromatic nitrogens is 2. The summed E-state index contributed by atoms with van der Waals surface area (Å²) < 4.78 is 5.19. The molecule has 0 saturated heterocycles. The van der Waals surface area contributed by atoms with E-state index in [1.807, 2.05) is 37.3 Å². The zero-order valence-electron chi connectivity index (χ0n) is 15.4. The van der Waals surface area contributed by atoms with Gasteiger partial charge < -0.3 is 20.7 Å². The summed E-state index contributed by atoms with van der Waals surface area (Å²) in [4.78, 5) is 24.3. The van der Waals surface area contributed by atoms with Gasteiger partial charge >= 0.3 is 6.03 Å². The molecule has 1 heterocycles. The fourth-order valence-corrected chi connectivity index (χ4v) is 2.98. The number of benzene rings is 2. The van der Waals surface area contributed by atoms with Gasteiger partial charge in [-0.1, -0.05) is 41.2 Å². The number of hydrogen-bond donors (Lipinski definition) is 3. The van der Waals surface area contributed by atoms with E-state index >= 15 is 0 Å². The maximum Gasteiger partial charge on any atom is 0.319 e. The Labute approximate surface area is 166 Å². The molecule has 0 fully saturated rings. The molecule has 3 N–H and O–H groups in total. The summed E-state index contributed by atoms with van der Waals surface area (Å²) in [6, 6.07) is 14.1. The largest absolute Gasteiger partial charge is 0.495 e. The Kier molecular flexibility index (Phi) is 6.18. The van der Waals surface area contributed by atoms with Crippen LogP contribution < -0.4 is 20.7 Å². The van der Waals surface area contributed by atoms with Crippen molar-refractivity contribution in [1.29, 1.82) is 0 Å². The number of nitrogens with one attached hydrogen (secondary N) is 3. The molecule has 0 bridgehead atoms. The van der Waals surface area contributed by atoms with Gasteiger partial charge in [0.15, 0.2) is 0 Å². The first-order chi connectivity index (χ1) is 13.5. The van der Waals surface area contributed by atoms with E-state index in [2.05, 4.69) is 26.1 Å². The van der Waals surface area contributed by atoms with E-state index in [1.54, 1.807) is 18.2 Å². The van der Waals surface area contributed by atoms with Gasteiger partial charge in [-0.15, -0.1) is 10.2 Å².